The smallest absolute Gasteiger partial charge is 0.339 e. The zero-order chi connectivity index (χ0) is 21.4. The number of hydrogen-bond donors (Lipinski definition) is 1. The highest BCUT2D eigenvalue weighted by atomic mass is 16.7. The molecule has 31 heavy (non-hydrogen) atoms. The molecule has 2 aliphatic rings. The molecule has 1 N–H and O–H groups in total. The summed E-state index contributed by atoms with van der Waals surface area (Å²) in [6.07, 6.45) is 2.62. The second-order valence-electron chi connectivity index (χ2n) is 7.76. The van der Waals surface area contributed by atoms with Gasteiger partial charge in [-0.3, -0.25) is 9.78 Å². The van der Waals surface area contributed by atoms with Crippen LogP contribution in [-0.2, 0) is 22.4 Å². The van der Waals surface area contributed by atoms with Crippen LogP contribution < -0.4 is 14.8 Å². The number of ether oxygens (including phenoxy) is 3. The maximum atomic E-state index is 12.9. The normalized spacial score (nSPS) is 14.9. The number of fused-ring (bicyclic) bond motifs is 3. The number of esters is 1. The lowest BCUT2D eigenvalue weighted by molar-refractivity contribution is -0.124. The van der Waals surface area contributed by atoms with Crippen molar-refractivity contribution in [3.05, 3.63) is 64.8 Å². The van der Waals surface area contributed by atoms with E-state index >= 15 is 0 Å². The first kappa shape index (κ1) is 19.4. The molecule has 158 valence electrons. The van der Waals surface area contributed by atoms with Crippen LogP contribution in [0.3, 0.4) is 0 Å². The molecule has 7 nitrogen and oxygen atoms in total. The van der Waals surface area contributed by atoms with Crippen molar-refractivity contribution in [1.82, 2.24) is 10.3 Å². The Morgan fingerprint density at radius 2 is 1.97 bits per heavy atom. The highest BCUT2D eigenvalue weighted by Crippen LogP contribution is 2.34. The molecule has 0 fully saturated rings. The second kappa shape index (κ2) is 7.91. The van der Waals surface area contributed by atoms with Crippen LogP contribution in [0.5, 0.6) is 11.5 Å². The van der Waals surface area contributed by atoms with E-state index in [1.807, 2.05) is 49.4 Å². The number of aromatic nitrogens is 1. The van der Waals surface area contributed by atoms with E-state index in [2.05, 4.69) is 10.3 Å². The van der Waals surface area contributed by atoms with E-state index in [0.29, 0.717) is 17.1 Å². The van der Waals surface area contributed by atoms with Gasteiger partial charge in [0.15, 0.2) is 18.1 Å². The Morgan fingerprint density at radius 3 is 2.87 bits per heavy atom. The van der Waals surface area contributed by atoms with Gasteiger partial charge in [0.2, 0.25) is 6.79 Å². The van der Waals surface area contributed by atoms with E-state index in [1.54, 1.807) is 0 Å². The number of benzene rings is 2. The molecule has 1 aliphatic heterocycles. The van der Waals surface area contributed by atoms with Crippen molar-refractivity contribution < 1.29 is 23.8 Å². The predicted octanol–water partition coefficient (Wildman–Crippen LogP) is 3.49. The molecule has 0 saturated carbocycles. The number of nitrogens with zero attached hydrogens (tertiary/aromatic N) is 1. The maximum absolute atomic E-state index is 12.9. The van der Waals surface area contributed by atoms with E-state index in [1.165, 1.54) is 0 Å². The number of para-hydroxylation sites is 1. The summed E-state index contributed by atoms with van der Waals surface area (Å²) < 4.78 is 16.1. The molecular formula is C24H22N2O5. The zero-order valence-electron chi connectivity index (χ0n) is 17.1. The average molecular weight is 418 g/mol. The Kier molecular flexibility index (Phi) is 4.94. The van der Waals surface area contributed by atoms with Crippen LogP contribution in [0.25, 0.3) is 10.9 Å². The van der Waals surface area contributed by atoms with E-state index in [9.17, 15) is 9.59 Å². The van der Waals surface area contributed by atoms with Crippen LogP contribution in [0.15, 0.2) is 42.5 Å². The molecule has 0 spiro atoms. The van der Waals surface area contributed by atoms with Crippen molar-refractivity contribution in [2.24, 2.45) is 0 Å². The average Bonchev–Trinajstić information content (AvgIpc) is 3.44. The van der Waals surface area contributed by atoms with Gasteiger partial charge in [-0.05, 0) is 55.5 Å². The van der Waals surface area contributed by atoms with Gasteiger partial charge in [-0.25, -0.2) is 4.79 Å². The van der Waals surface area contributed by atoms with Gasteiger partial charge < -0.3 is 19.5 Å². The van der Waals surface area contributed by atoms with E-state index in [4.69, 9.17) is 14.2 Å². The highest BCUT2D eigenvalue weighted by molar-refractivity contribution is 6.05. The Hall–Kier alpha value is -3.61. The van der Waals surface area contributed by atoms with Crippen LogP contribution >= 0.6 is 0 Å². The lowest BCUT2D eigenvalue weighted by atomic mass is 10.0. The third kappa shape index (κ3) is 3.67. The lowest BCUT2D eigenvalue weighted by Crippen LogP contribution is -2.31. The number of rotatable bonds is 5. The lowest BCUT2D eigenvalue weighted by Gasteiger charge is -2.16. The van der Waals surface area contributed by atoms with E-state index in [-0.39, 0.29) is 25.3 Å². The summed E-state index contributed by atoms with van der Waals surface area (Å²) >= 11 is 0. The number of amides is 1. The minimum atomic E-state index is -0.484. The molecule has 1 atom stereocenters. The van der Waals surface area contributed by atoms with Gasteiger partial charge in [0.25, 0.3) is 5.91 Å². The Morgan fingerprint density at radius 1 is 1.13 bits per heavy atom. The van der Waals surface area contributed by atoms with E-state index in [0.717, 1.165) is 47.0 Å². The van der Waals surface area contributed by atoms with Gasteiger partial charge >= 0.3 is 5.97 Å². The monoisotopic (exact) mass is 418 g/mol. The minimum absolute atomic E-state index is 0.197. The van der Waals surface area contributed by atoms with Gasteiger partial charge in [-0.2, -0.15) is 0 Å². The Labute approximate surface area is 179 Å². The molecule has 2 heterocycles. The third-order valence-electron chi connectivity index (χ3n) is 5.73. The molecule has 1 amide bonds. The molecule has 0 radical (unpaired) electrons. The first-order valence-electron chi connectivity index (χ1n) is 10.4. The summed E-state index contributed by atoms with van der Waals surface area (Å²) in [6.45, 7) is 1.71. The van der Waals surface area contributed by atoms with Crippen LogP contribution in [0.1, 0.15) is 46.6 Å². The quantitative estimate of drug-likeness (QED) is 0.639. The van der Waals surface area contributed by atoms with Gasteiger partial charge in [-0.1, -0.05) is 24.3 Å². The number of nitrogens with one attached hydrogen (secondary N) is 1. The largest absolute Gasteiger partial charge is 0.454 e. The van der Waals surface area contributed by atoms with Crippen molar-refractivity contribution in [2.75, 3.05) is 13.4 Å². The Balaban J connectivity index is 1.27. The number of hydrogen-bond acceptors (Lipinski definition) is 6. The van der Waals surface area contributed by atoms with Crippen molar-refractivity contribution in [1.29, 1.82) is 0 Å². The van der Waals surface area contributed by atoms with Crippen molar-refractivity contribution in [3.63, 3.8) is 0 Å². The third-order valence-corrected chi connectivity index (χ3v) is 5.73. The molecular weight excluding hydrogens is 396 g/mol. The van der Waals surface area contributed by atoms with Crippen LogP contribution in [0, 0.1) is 0 Å². The standard InChI is InChI=1S/C24H22N2O5/c1-14(15-9-10-20-21(11-15)31-13-30-20)25-22(27)12-29-24(28)23-16-5-2-3-7-18(16)26-19-8-4-6-17(19)23/h2-3,5,7,9-11,14H,4,6,8,12-13H2,1H3,(H,25,27)/t14-/m0/s1. The SMILES string of the molecule is C[C@H](NC(=O)COC(=O)c1c2c(nc3ccccc13)CCC2)c1ccc2c(c1)OCO2. The molecule has 0 saturated heterocycles. The van der Waals surface area contributed by atoms with Gasteiger partial charge in [-0.15, -0.1) is 0 Å². The Bertz CT molecular complexity index is 1190. The second-order valence-corrected chi connectivity index (χ2v) is 7.76. The number of pyridine rings is 1. The molecule has 1 aliphatic carbocycles. The van der Waals surface area contributed by atoms with Crippen LogP contribution in [-0.4, -0.2) is 30.3 Å². The van der Waals surface area contributed by atoms with Crippen LogP contribution in [0.2, 0.25) is 0 Å². The molecule has 5 rings (SSSR count). The van der Waals surface area contributed by atoms with Gasteiger partial charge in [0.05, 0.1) is 17.1 Å². The van der Waals surface area contributed by atoms with Gasteiger partial charge in [0, 0.05) is 11.1 Å². The van der Waals surface area contributed by atoms with Crippen LogP contribution in [0.4, 0.5) is 0 Å². The van der Waals surface area contributed by atoms with E-state index < -0.39 is 5.97 Å². The van der Waals surface area contributed by atoms with Crippen molar-refractivity contribution in [3.8, 4) is 11.5 Å². The predicted molar refractivity (Wildman–Crippen MR) is 113 cm³/mol. The fourth-order valence-electron chi connectivity index (χ4n) is 4.20. The molecule has 1 aromatic heterocycles. The highest BCUT2D eigenvalue weighted by Gasteiger charge is 2.25. The number of carbonyl (C=O) groups is 2. The zero-order valence-corrected chi connectivity index (χ0v) is 17.1. The fourth-order valence-corrected chi connectivity index (χ4v) is 4.20. The summed E-state index contributed by atoms with van der Waals surface area (Å²) in [5.41, 5.74) is 4.08. The summed E-state index contributed by atoms with van der Waals surface area (Å²) in [4.78, 5) is 30.1. The van der Waals surface area contributed by atoms with Crippen molar-refractivity contribution in [2.45, 2.75) is 32.2 Å². The summed E-state index contributed by atoms with van der Waals surface area (Å²) in [6, 6.07) is 12.8. The molecule has 0 unspecified atom stereocenters. The maximum Gasteiger partial charge on any atom is 0.339 e. The summed E-state index contributed by atoms with van der Waals surface area (Å²) in [7, 11) is 0. The first-order valence-corrected chi connectivity index (χ1v) is 10.4. The first-order chi connectivity index (χ1) is 15.1. The summed E-state index contributed by atoms with van der Waals surface area (Å²) in [5, 5.41) is 3.62. The molecule has 7 heteroatoms. The molecule has 2 aromatic carbocycles. The molecule has 0 bridgehead atoms. The number of aryl methyl sites for hydroxylation is 1. The minimum Gasteiger partial charge on any atom is -0.454 e. The molecule has 3 aromatic rings. The van der Waals surface area contributed by atoms with Gasteiger partial charge in [0.1, 0.15) is 0 Å². The fraction of sp³-hybridized carbons (Fsp3) is 0.292. The van der Waals surface area contributed by atoms with Crippen molar-refractivity contribution >= 4 is 22.8 Å². The summed E-state index contributed by atoms with van der Waals surface area (Å²) in [5.74, 6) is 0.493. The number of carbonyl (C=O) groups excluding carboxylic acids is 2. The topological polar surface area (TPSA) is 86.8 Å².